The number of nitrogens with zero attached hydrogens (tertiary/aromatic N) is 3. The van der Waals surface area contributed by atoms with Gasteiger partial charge >= 0.3 is 0 Å². The molecule has 0 unspecified atom stereocenters. The molecule has 5 rings (SSSR count). The summed E-state index contributed by atoms with van der Waals surface area (Å²) in [6.07, 6.45) is 5.53. The summed E-state index contributed by atoms with van der Waals surface area (Å²) in [4.78, 5) is 21.1. The standard InChI is InChI=1S/C26H23N3OS2/c1-17-9-5-8-13-21(17)29-25(30)23-20-12-3-2-4-14-22(20)32-24(23)28-26(29)31-16-19-11-7-6-10-18(19)15-27/h5-11,13H,2-4,12,14,16H2,1H3. The molecule has 0 saturated carbocycles. The molecule has 4 aromatic rings. The Labute approximate surface area is 195 Å². The second kappa shape index (κ2) is 8.93. The fraction of sp³-hybridized carbons (Fsp3) is 0.269. The number of para-hydroxylation sites is 1. The highest BCUT2D eigenvalue weighted by atomic mass is 32.2. The van der Waals surface area contributed by atoms with E-state index in [0.29, 0.717) is 16.5 Å². The van der Waals surface area contributed by atoms with Crippen molar-refractivity contribution in [3.63, 3.8) is 0 Å². The molecular formula is C26H23N3OS2. The highest BCUT2D eigenvalue weighted by molar-refractivity contribution is 7.98. The lowest BCUT2D eigenvalue weighted by molar-refractivity contribution is 0.713. The summed E-state index contributed by atoms with van der Waals surface area (Å²) in [5, 5.41) is 10.9. The molecule has 2 aromatic heterocycles. The lowest BCUT2D eigenvalue weighted by atomic mass is 10.1. The Hall–Kier alpha value is -2.88. The van der Waals surface area contributed by atoms with Gasteiger partial charge in [-0.1, -0.05) is 54.6 Å². The van der Waals surface area contributed by atoms with Crippen LogP contribution >= 0.6 is 23.1 Å². The number of thioether (sulfide) groups is 1. The summed E-state index contributed by atoms with van der Waals surface area (Å²) < 4.78 is 1.79. The normalized spacial score (nSPS) is 13.5. The van der Waals surface area contributed by atoms with E-state index in [2.05, 4.69) is 6.07 Å². The van der Waals surface area contributed by atoms with Crippen LogP contribution in [0.1, 0.15) is 46.4 Å². The number of thiophene rings is 1. The molecule has 0 spiro atoms. The third-order valence-electron chi connectivity index (χ3n) is 6.06. The van der Waals surface area contributed by atoms with Gasteiger partial charge in [-0.15, -0.1) is 11.3 Å². The van der Waals surface area contributed by atoms with Crippen LogP contribution in [0.5, 0.6) is 0 Å². The zero-order valence-electron chi connectivity index (χ0n) is 17.9. The topological polar surface area (TPSA) is 58.7 Å². The summed E-state index contributed by atoms with van der Waals surface area (Å²) in [5.41, 5.74) is 4.77. The molecule has 0 atom stereocenters. The monoisotopic (exact) mass is 457 g/mol. The molecule has 0 radical (unpaired) electrons. The van der Waals surface area contributed by atoms with Crippen molar-refractivity contribution < 1.29 is 0 Å². The number of fused-ring (bicyclic) bond motifs is 3. The van der Waals surface area contributed by atoms with Crippen molar-refractivity contribution in [2.45, 2.75) is 49.9 Å². The summed E-state index contributed by atoms with van der Waals surface area (Å²) in [7, 11) is 0. The lowest BCUT2D eigenvalue weighted by Gasteiger charge is -2.15. The summed E-state index contributed by atoms with van der Waals surface area (Å²) in [6.45, 7) is 2.03. The van der Waals surface area contributed by atoms with E-state index in [-0.39, 0.29) is 5.56 Å². The number of aromatic nitrogens is 2. The first-order valence-corrected chi connectivity index (χ1v) is 12.7. The minimum absolute atomic E-state index is 0.0276. The van der Waals surface area contributed by atoms with E-state index in [9.17, 15) is 10.1 Å². The van der Waals surface area contributed by atoms with Crippen molar-refractivity contribution in [3.05, 3.63) is 86.0 Å². The van der Waals surface area contributed by atoms with E-state index in [1.807, 2.05) is 55.5 Å². The van der Waals surface area contributed by atoms with Gasteiger partial charge in [0.2, 0.25) is 0 Å². The fourth-order valence-electron chi connectivity index (χ4n) is 4.38. The Morgan fingerprint density at radius 3 is 2.72 bits per heavy atom. The number of rotatable bonds is 4. The number of hydrogen-bond acceptors (Lipinski definition) is 5. The first-order valence-electron chi connectivity index (χ1n) is 10.9. The summed E-state index contributed by atoms with van der Waals surface area (Å²) >= 11 is 3.21. The Balaban J connectivity index is 1.69. The molecule has 6 heteroatoms. The van der Waals surface area contributed by atoms with Crippen molar-refractivity contribution >= 4 is 33.3 Å². The quantitative estimate of drug-likeness (QED) is 0.208. The molecule has 0 bridgehead atoms. The first-order chi connectivity index (χ1) is 15.7. The van der Waals surface area contributed by atoms with Crippen LogP contribution in [0.25, 0.3) is 15.9 Å². The van der Waals surface area contributed by atoms with Gasteiger partial charge in [0.25, 0.3) is 5.56 Å². The van der Waals surface area contributed by atoms with Crippen molar-refractivity contribution in [1.29, 1.82) is 5.26 Å². The van der Waals surface area contributed by atoms with Gasteiger partial charge in [0, 0.05) is 10.6 Å². The maximum atomic E-state index is 13.9. The third kappa shape index (κ3) is 3.76. The second-order valence-electron chi connectivity index (χ2n) is 8.12. The molecule has 0 N–H and O–H groups in total. The van der Waals surface area contributed by atoms with Crippen LogP contribution in [-0.4, -0.2) is 9.55 Å². The SMILES string of the molecule is Cc1ccccc1-n1c(SCc2ccccc2C#N)nc2sc3c(c2c1=O)CCCCC3. The lowest BCUT2D eigenvalue weighted by Crippen LogP contribution is -2.22. The number of benzene rings is 2. The van der Waals surface area contributed by atoms with Crippen LogP contribution in [0, 0.1) is 18.3 Å². The predicted molar refractivity (Wildman–Crippen MR) is 132 cm³/mol. The number of aryl methyl sites for hydroxylation is 3. The van der Waals surface area contributed by atoms with Gasteiger partial charge in [-0.05, 0) is 61.4 Å². The zero-order chi connectivity index (χ0) is 22.1. The largest absolute Gasteiger partial charge is 0.268 e. The Morgan fingerprint density at radius 1 is 1.09 bits per heavy atom. The predicted octanol–water partition coefficient (Wildman–Crippen LogP) is 6.19. The molecule has 160 valence electrons. The van der Waals surface area contributed by atoms with Crippen molar-refractivity contribution in [1.82, 2.24) is 9.55 Å². The van der Waals surface area contributed by atoms with E-state index in [1.54, 1.807) is 15.9 Å². The molecule has 32 heavy (non-hydrogen) atoms. The van der Waals surface area contributed by atoms with Crippen LogP contribution in [0.2, 0.25) is 0 Å². The molecule has 0 saturated heterocycles. The van der Waals surface area contributed by atoms with Gasteiger partial charge in [0.15, 0.2) is 5.16 Å². The van der Waals surface area contributed by atoms with Crippen molar-refractivity contribution in [2.75, 3.05) is 0 Å². The highest BCUT2D eigenvalue weighted by Crippen LogP contribution is 2.35. The Bertz CT molecular complexity index is 1410. The average molecular weight is 458 g/mol. The van der Waals surface area contributed by atoms with E-state index in [0.717, 1.165) is 46.3 Å². The molecule has 4 nitrogen and oxygen atoms in total. The van der Waals surface area contributed by atoms with E-state index in [4.69, 9.17) is 4.98 Å². The average Bonchev–Trinajstić information content (AvgIpc) is 3.00. The molecular weight excluding hydrogens is 434 g/mol. The maximum absolute atomic E-state index is 13.9. The van der Waals surface area contributed by atoms with Gasteiger partial charge < -0.3 is 0 Å². The smallest absolute Gasteiger partial charge is 0.267 e. The van der Waals surface area contributed by atoms with Crippen LogP contribution in [0.4, 0.5) is 0 Å². The van der Waals surface area contributed by atoms with E-state index in [1.165, 1.54) is 35.0 Å². The van der Waals surface area contributed by atoms with Gasteiger partial charge in [0.05, 0.1) is 22.7 Å². The van der Waals surface area contributed by atoms with Crippen LogP contribution in [-0.2, 0) is 18.6 Å². The van der Waals surface area contributed by atoms with Crippen LogP contribution in [0.3, 0.4) is 0 Å². The molecule has 1 aliphatic carbocycles. The fourth-order valence-corrected chi connectivity index (χ4v) is 6.70. The Morgan fingerprint density at radius 2 is 1.88 bits per heavy atom. The van der Waals surface area contributed by atoms with Crippen molar-refractivity contribution in [2.24, 2.45) is 0 Å². The Kier molecular flexibility index (Phi) is 5.86. The zero-order valence-corrected chi connectivity index (χ0v) is 19.6. The second-order valence-corrected chi connectivity index (χ2v) is 10.1. The van der Waals surface area contributed by atoms with Crippen molar-refractivity contribution in [3.8, 4) is 11.8 Å². The van der Waals surface area contributed by atoms with Gasteiger partial charge in [0.1, 0.15) is 4.83 Å². The molecule has 2 aromatic carbocycles. The van der Waals surface area contributed by atoms with Gasteiger partial charge in [-0.3, -0.25) is 9.36 Å². The van der Waals surface area contributed by atoms with Gasteiger partial charge in [-0.25, -0.2) is 4.98 Å². The maximum Gasteiger partial charge on any atom is 0.267 e. The van der Waals surface area contributed by atoms with Gasteiger partial charge in [-0.2, -0.15) is 5.26 Å². The molecule has 0 aliphatic heterocycles. The third-order valence-corrected chi connectivity index (χ3v) is 8.23. The summed E-state index contributed by atoms with van der Waals surface area (Å²) in [6, 6.07) is 17.8. The summed E-state index contributed by atoms with van der Waals surface area (Å²) in [5.74, 6) is 0.582. The highest BCUT2D eigenvalue weighted by Gasteiger charge is 2.23. The number of hydrogen-bond donors (Lipinski definition) is 0. The minimum atomic E-state index is 0.0276. The molecule has 2 heterocycles. The van der Waals surface area contributed by atoms with E-state index >= 15 is 0 Å². The molecule has 0 amide bonds. The first kappa shape index (κ1) is 21.0. The minimum Gasteiger partial charge on any atom is -0.268 e. The van der Waals surface area contributed by atoms with Crippen LogP contribution < -0.4 is 5.56 Å². The number of nitriles is 1. The van der Waals surface area contributed by atoms with Crippen LogP contribution in [0.15, 0.2) is 58.5 Å². The molecule has 0 fully saturated rings. The van der Waals surface area contributed by atoms with E-state index < -0.39 is 0 Å². The molecule has 1 aliphatic rings.